The summed E-state index contributed by atoms with van der Waals surface area (Å²) in [5, 5.41) is 3.50. The highest BCUT2D eigenvalue weighted by atomic mass is 28.4. The molecule has 4 aliphatic heterocycles. The third kappa shape index (κ3) is 2.97. The number of ether oxygens (including phenoxy) is 3. The molecule has 0 aromatic carbocycles. The van der Waals surface area contributed by atoms with E-state index in [0.717, 1.165) is 0 Å². The van der Waals surface area contributed by atoms with E-state index in [4.69, 9.17) is 18.6 Å². The van der Waals surface area contributed by atoms with Crippen molar-refractivity contribution in [3.63, 3.8) is 0 Å². The molecule has 0 aromatic rings. The number of rotatable bonds is 3. The minimum atomic E-state index is -1.85. The van der Waals surface area contributed by atoms with Crippen molar-refractivity contribution in [2.45, 2.75) is 88.9 Å². The van der Waals surface area contributed by atoms with Crippen LogP contribution in [0, 0.1) is 0 Å². The Balaban J connectivity index is 1.71. The smallest absolute Gasteiger partial charge is 0.326 e. The Bertz CT molecular complexity index is 501. The highest BCUT2D eigenvalue weighted by Gasteiger charge is 2.62. The van der Waals surface area contributed by atoms with Gasteiger partial charge in [-0.05, 0) is 32.0 Å². The fourth-order valence-corrected chi connectivity index (χ4v) is 4.22. The first-order chi connectivity index (χ1) is 10.4. The number of carbonyl (C=O) groups is 1. The molecule has 2 bridgehead atoms. The van der Waals surface area contributed by atoms with Gasteiger partial charge >= 0.3 is 5.97 Å². The molecule has 4 aliphatic rings. The largest absolute Gasteiger partial charge is 0.456 e. The second-order valence-electron chi connectivity index (χ2n) is 8.79. The SMILES string of the molecule is CC1(C)O[C@H]2[C@@H]3OC(=O)[C@@H](N[C@H]3CO[Si](C)(C)C(C)(C)C)[C@H]2O1. The zero-order valence-corrected chi connectivity index (χ0v) is 16.1. The van der Waals surface area contributed by atoms with E-state index in [1.807, 2.05) is 13.8 Å². The standard InChI is InChI=1S/C16H29NO5Si/c1-15(2,3)23(6,7)19-8-9-11-13-12(21-16(4,5)22-13)10(17-9)14(18)20-11/h9-13,17H,8H2,1-7H3/t9-,10-,11+,12+,13-/m0/s1. The van der Waals surface area contributed by atoms with E-state index in [9.17, 15) is 4.79 Å². The molecular formula is C16H29NO5Si. The molecule has 0 aliphatic carbocycles. The summed E-state index contributed by atoms with van der Waals surface area (Å²) in [5.41, 5.74) is 0. The van der Waals surface area contributed by atoms with Crippen molar-refractivity contribution in [3.05, 3.63) is 0 Å². The molecule has 0 spiro atoms. The highest BCUT2D eigenvalue weighted by Crippen LogP contribution is 2.41. The Labute approximate surface area is 139 Å². The second kappa shape index (κ2) is 5.26. The third-order valence-electron chi connectivity index (χ3n) is 5.54. The van der Waals surface area contributed by atoms with Crippen LogP contribution in [0.2, 0.25) is 18.1 Å². The van der Waals surface area contributed by atoms with Gasteiger partial charge in [0.2, 0.25) is 0 Å². The Morgan fingerprint density at radius 1 is 1.17 bits per heavy atom. The van der Waals surface area contributed by atoms with Crippen LogP contribution in [0.15, 0.2) is 0 Å². The van der Waals surface area contributed by atoms with Crippen LogP contribution < -0.4 is 5.32 Å². The van der Waals surface area contributed by atoms with Crippen molar-refractivity contribution in [1.82, 2.24) is 5.32 Å². The average molecular weight is 343 g/mol. The molecule has 7 heteroatoms. The van der Waals surface area contributed by atoms with E-state index in [2.05, 4.69) is 39.2 Å². The van der Waals surface area contributed by atoms with Crippen molar-refractivity contribution >= 4 is 14.3 Å². The van der Waals surface area contributed by atoms with E-state index < -0.39 is 20.1 Å². The van der Waals surface area contributed by atoms with Gasteiger partial charge in [0.25, 0.3) is 0 Å². The summed E-state index contributed by atoms with van der Waals surface area (Å²) in [6.07, 6.45) is -0.855. The van der Waals surface area contributed by atoms with Gasteiger partial charge < -0.3 is 18.6 Å². The first kappa shape index (κ1) is 17.4. The van der Waals surface area contributed by atoms with Gasteiger partial charge in [-0.2, -0.15) is 0 Å². The zero-order valence-electron chi connectivity index (χ0n) is 15.1. The molecule has 23 heavy (non-hydrogen) atoms. The lowest BCUT2D eigenvalue weighted by Crippen LogP contribution is -2.73. The molecule has 4 rings (SSSR count). The normalized spacial score (nSPS) is 39.3. The highest BCUT2D eigenvalue weighted by molar-refractivity contribution is 6.74. The van der Waals surface area contributed by atoms with Crippen molar-refractivity contribution < 1.29 is 23.4 Å². The van der Waals surface area contributed by atoms with Crippen LogP contribution in [0.5, 0.6) is 0 Å². The molecular weight excluding hydrogens is 314 g/mol. The molecule has 4 saturated heterocycles. The Morgan fingerprint density at radius 2 is 1.78 bits per heavy atom. The summed E-state index contributed by atoms with van der Waals surface area (Å²) >= 11 is 0. The Hall–Kier alpha value is -0.473. The number of piperidine rings is 1. The second-order valence-corrected chi connectivity index (χ2v) is 13.6. The fourth-order valence-electron chi connectivity index (χ4n) is 3.19. The molecule has 1 N–H and O–H groups in total. The predicted molar refractivity (Wildman–Crippen MR) is 87.6 cm³/mol. The van der Waals surface area contributed by atoms with Crippen molar-refractivity contribution in [2.24, 2.45) is 0 Å². The van der Waals surface area contributed by atoms with Crippen LogP contribution in [0.3, 0.4) is 0 Å². The van der Waals surface area contributed by atoms with Crippen molar-refractivity contribution in [3.8, 4) is 0 Å². The van der Waals surface area contributed by atoms with E-state index in [1.165, 1.54) is 0 Å². The summed E-state index contributed by atoms with van der Waals surface area (Å²) < 4.78 is 23.8. The summed E-state index contributed by atoms with van der Waals surface area (Å²) in [4.78, 5) is 12.1. The van der Waals surface area contributed by atoms with Crippen LogP contribution in [-0.4, -0.2) is 57.1 Å². The lowest BCUT2D eigenvalue weighted by molar-refractivity contribution is -0.191. The summed E-state index contributed by atoms with van der Waals surface area (Å²) in [7, 11) is -1.85. The van der Waals surface area contributed by atoms with E-state index in [0.29, 0.717) is 6.61 Å². The van der Waals surface area contributed by atoms with Crippen molar-refractivity contribution in [2.75, 3.05) is 6.61 Å². The maximum atomic E-state index is 12.1. The van der Waals surface area contributed by atoms with Gasteiger partial charge in [-0.25, -0.2) is 0 Å². The molecule has 0 unspecified atom stereocenters. The van der Waals surface area contributed by atoms with Crippen LogP contribution in [0.4, 0.5) is 0 Å². The number of esters is 1. The number of carbonyl (C=O) groups excluding carboxylic acids is 1. The lowest BCUT2D eigenvalue weighted by Gasteiger charge is -2.48. The maximum absolute atomic E-state index is 12.1. The minimum Gasteiger partial charge on any atom is -0.456 e. The molecule has 0 amide bonds. The van der Waals surface area contributed by atoms with E-state index in [-0.39, 0.29) is 35.4 Å². The average Bonchev–Trinajstić information content (AvgIpc) is 2.72. The van der Waals surface area contributed by atoms with Crippen LogP contribution in [0.25, 0.3) is 0 Å². The molecule has 132 valence electrons. The number of morpholine rings is 1. The van der Waals surface area contributed by atoms with Gasteiger partial charge in [0.15, 0.2) is 14.1 Å². The Kier molecular flexibility index (Phi) is 3.97. The zero-order chi connectivity index (χ0) is 17.2. The first-order valence-corrected chi connectivity index (χ1v) is 11.3. The quantitative estimate of drug-likeness (QED) is 0.623. The maximum Gasteiger partial charge on any atom is 0.326 e. The molecule has 0 saturated carbocycles. The van der Waals surface area contributed by atoms with Gasteiger partial charge in [0.05, 0.1) is 12.6 Å². The van der Waals surface area contributed by atoms with Crippen LogP contribution in [-0.2, 0) is 23.4 Å². The summed E-state index contributed by atoms with van der Waals surface area (Å²) in [5.74, 6) is -0.933. The number of hydrogen-bond acceptors (Lipinski definition) is 6. The van der Waals surface area contributed by atoms with Gasteiger partial charge in [-0.3, -0.25) is 10.1 Å². The molecule has 6 nitrogen and oxygen atoms in total. The van der Waals surface area contributed by atoms with Crippen molar-refractivity contribution in [1.29, 1.82) is 0 Å². The number of hydrogen-bond donors (Lipinski definition) is 1. The van der Waals surface area contributed by atoms with Crippen LogP contribution in [0.1, 0.15) is 34.6 Å². The molecule has 0 radical (unpaired) electrons. The van der Waals surface area contributed by atoms with Gasteiger partial charge in [-0.1, -0.05) is 20.8 Å². The topological polar surface area (TPSA) is 66.0 Å². The minimum absolute atomic E-state index is 0.0504. The monoisotopic (exact) mass is 343 g/mol. The first-order valence-electron chi connectivity index (χ1n) is 8.37. The summed E-state index contributed by atoms with van der Waals surface area (Å²) in [6, 6.07) is -0.523. The fraction of sp³-hybridized carbons (Fsp3) is 0.938. The van der Waals surface area contributed by atoms with E-state index in [1.54, 1.807) is 0 Å². The summed E-state index contributed by atoms with van der Waals surface area (Å²) in [6.45, 7) is 15.4. The molecule has 0 aromatic heterocycles. The molecule has 4 fully saturated rings. The van der Waals surface area contributed by atoms with Gasteiger partial charge in [0.1, 0.15) is 24.4 Å². The number of fused-ring (bicyclic) bond motifs is 2. The van der Waals surface area contributed by atoms with E-state index >= 15 is 0 Å². The molecule has 4 heterocycles. The predicted octanol–water partition coefficient (Wildman–Crippen LogP) is 1.79. The number of nitrogens with one attached hydrogen (secondary N) is 1. The lowest BCUT2D eigenvalue weighted by atomic mass is 9.87. The van der Waals surface area contributed by atoms with Gasteiger partial charge in [0, 0.05) is 0 Å². The third-order valence-corrected chi connectivity index (χ3v) is 10.0. The molecule has 5 atom stereocenters. The Morgan fingerprint density at radius 3 is 2.39 bits per heavy atom. The van der Waals surface area contributed by atoms with Gasteiger partial charge in [-0.15, -0.1) is 0 Å². The van der Waals surface area contributed by atoms with Crippen LogP contribution >= 0.6 is 0 Å².